The van der Waals surface area contributed by atoms with Gasteiger partial charge in [0, 0.05) is 6.92 Å². The third-order valence-corrected chi connectivity index (χ3v) is 11.8. The van der Waals surface area contributed by atoms with E-state index in [0.29, 0.717) is 57.3 Å². The van der Waals surface area contributed by atoms with Gasteiger partial charge < -0.3 is 24.4 Å². The maximum absolute atomic E-state index is 13.6. The van der Waals surface area contributed by atoms with Crippen LogP contribution in [0.15, 0.2) is 0 Å². The van der Waals surface area contributed by atoms with Crippen molar-refractivity contribution in [1.29, 1.82) is 0 Å². The van der Waals surface area contributed by atoms with Crippen LogP contribution >= 0.6 is 0 Å². The molecule has 4 atom stereocenters. The zero-order chi connectivity index (χ0) is 29.4. The molecule has 8 aliphatic carbocycles. The Balaban J connectivity index is 1.17. The van der Waals surface area contributed by atoms with Gasteiger partial charge in [-0.2, -0.15) is 0 Å². The topological polar surface area (TPSA) is 119 Å². The largest absolute Gasteiger partial charge is 0.464 e. The van der Waals surface area contributed by atoms with Gasteiger partial charge in [-0.1, -0.05) is 6.92 Å². The molecule has 0 aromatic carbocycles. The summed E-state index contributed by atoms with van der Waals surface area (Å²) in [4.78, 5) is 40.5. The van der Waals surface area contributed by atoms with Gasteiger partial charge in [-0.3, -0.25) is 14.4 Å². The van der Waals surface area contributed by atoms with Gasteiger partial charge in [0.25, 0.3) is 5.92 Å². The zero-order valence-corrected chi connectivity index (χ0v) is 24.1. The van der Waals surface area contributed by atoms with Crippen molar-refractivity contribution in [3.05, 3.63) is 0 Å². The third kappa shape index (κ3) is 5.08. The molecule has 0 spiro atoms. The highest BCUT2D eigenvalue weighted by atomic mass is 19.3. The van der Waals surface area contributed by atoms with Gasteiger partial charge in [-0.05, 0) is 106 Å². The Kier molecular flexibility index (Phi) is 7.24. The second kappa shape index (κ2) is 10.1. The molecule has 0 radical (unpaired) electrons. The minimum Gasteiger partial charge on any atom is -0.464 e. The van der Waals surface area contributed by atoms with Crippen LogP contribution in [0.5, 0.6) is 0 Å². The first-order valence-electron chi connectivity index (χ1n) is 15.5. The molecule has 8 nitrogen and oxygen atoms in total. The normalized spacial score (nSPS) is 43.5. The highest BCUT2D eigenvalue weighted by Crippen LogP contribution is 2.62. The first-order valence-corrected chi connectivity index (χ1v) is 15.5. The second-order valence-corrected chi connectivity index (χ2v) is 14.9. The fourth-order valence-electron chi connectivity index (χ4n) is 10.1. The summed E-state index contributed by atoms with van der Waals surface area (Å²) in [5.74, 6) is -4.16. The second-order valence-electron chi connectivity index (χ2n) is 14.9. The van der Waals surface area contributed by atoms with Crippen molar-refractivity contribution in [3.8, 4) is 0 Å². The number of aliphatic hydroxyl groups excluding tert-OH is 2. The van der Waals surface area contributed by atoms with Crippen molar-refractivity contribution in [3.63, 3.8) is 0 Å². The number of carbonyl (C=O) groups excluding carboxylic acids is 3. The summed E-state index contributed by atoms with van der Waals surface area (Å²) in [6, 6.07) is 0. The maximum atomic E-state index is 13.6. The van der Waals surface area contributed by atoms with Gasteiger partial charge in [-0.25, -0.2) is 8.78 Å². The molecule has 8 rings (SSSR count). The lowest BCUT2D eigenvalue weighted by atomic mass is 9.48. The quantitative estimate of drug-likeness (QED) is 0.293. The summed E-state index contributed by atoms with van der Waals surface area (Å²) >= 11 is 0. The van der Waals surface area contributed by atoms with Crippen LogP contribution in [0.2, 0.25) is 0 Å². The summed E-state index contributed by atoms with van der Waals surface area (Å²) < 4.78 is 43.9. The molecule has 0 aromatic rings. The molecule has 8 bridgehead atoms. The van der Waals surface area contributed by atoms with E-state index in [4.69, 9.17) is 14.2 Å². The summed E-state index contributed by atoms with van der Waals surface area (Å²) in [6.45, 7) is 0.308. The van der Waals surface area contributed by atoms with E-state index >= 15 is 0 Å². The summed E-state index contributed by atoms with van der Waals surface area (Å²) in [7, 11) is 0. The predicted octanol–water partition coefficient (Wildman–Crippen LogP) is 4.04. The number of rotatable bonds is 10. The van der Waals surface area contributed by atoms with Gasteiger partial charge in [-0.15, -0.1) is 0 Å². The Morgan fingerprint density at radius 1 is 0.707 bits per heavy atom. The Hall–Kier alpha value is -1.81. The molecule has 2 N–H and O–H groups in total. The molecule has 41 heavy (non-hydrogen) atoms. The molecular formula is C31H44F2O8. The van der Waals surface area contributed by atoms with E-state index in [9.17, 15) is 33.4 Å². The minimum atomic E-state index is -3.25. The number of ether oxygens (including phenoxy) is 3. The highest BCUT2D eigenvalue weighted by molar-refractivity contribution is 5.81. The van der Waals surface area contributed by atoms with E-state index in [2.05, 4.69) is 0 Å². The Labute approximate surface area is 239 Å². The smallest absolute Gasteiger partial charge is 0.319 e. The van der Waals surface area contributed by atoms with Gasteiger partial charge in [0.15, 0.2) is 6.61 Å². The zero-order valence-electron chi connectivity index (χ0n) is 24.1. The lowest BCUT2D eigenvalue weighted by Gasteiger charge is -2.57. The third-order valence-electron chi connectivity index (χ3n) is 11.8. The Morgan fingerprint density at radius 2 is 1.10 bits per heavy atom. The molecule has 8 fully saturated rings. The summed E-state index contributed by atoms with van der Waals surface area (Å²) in [5, 5.41) is 21.2. The standard InChI is InChI=1S/C31H44F2O8/c1-3-29(25(36)39-14-28(2,32)33,15-40-26(37)30-8-17-4-19(10-30)23(34)20(5-17)11-30)16-41-27(38)31-9-18-6-21(12-31)24(35)22(7-18)13-31/h17-24,34-35H,3-16H2,1-2H3. The van der Waals surface area contributed by atoms with Crippen molar-refractivity contribution in [2.75, 3.05) is 19.8 Å². The van der Waals surface area contributed by atoms with Crippen LogP contribution in [0.4, 0.5) is 8.78 Å². The monoisotopic (exact) mass is 582 g/mol. The van der Waals surface area contributed by atoms with E-state index < -0.39 is 72.1 Å². The van der Waals surface area contributed by atoms with Crippen molar-refractivity contribution in [2.24, 2.45) is 51.8 Å². The molecule has 4 unspecified atom stereocenters. The number of hydrogen-bond acceptors (Lipinski definition) is 8. The molecule has 0 saturated heterocycles. The first-order chi connectivity index (χ1) is 19.3. The van der Waals surface area contributed by atoms with Crippen LogP contribution in [0.25, 0.3) is 0 Å². The van der Waals surface area contributed by atoms with Crippen LogP contribution in [-0.2, 0) is 28.6 Å². The fourth-order valence-corrected chi connectivity index (χ4v) is 10.1. The molecule has 10 heteroatoms. The van der Waals surface area contributed by atoms with E-state index in [0.717, 1.165) is 25.7 Å². The predicted molar refractivity (Wildman–Crippen MR) is 140 cm³/mol. The van der Waals surface area contributed by atoms with Gasteiger partial charge in [0.2, 0.25) is 0 Å². The maximum Gasteiger partial charge on any atom is 0.319 e. The van der Waals surface area contributed by atoms with Crippen LogP contribution in [0.3, 0.4) is 0 Å². The lowest BCUT2D eigenvalue weighted by Crippen LogP contribution is -2.57. The number of esters is 3. The van der Waals surface area contributed by atoms with Crippen molar-refractivity contribution in [1.82, 2.24) is 0 Å². The van der Waals surface area contributed by atoms with Crippen molar-refractivity contribution < 1.29 is 47.6 Å². The first kappa shape index (κ1) is 29.3. The van der Waals surface area contributed by atoms with Crippen molar-refractivity contribution in [2.45, 2.75) is 103 Å². The van der Waals surface area contributed by atoms with Crippen LogP contribution in [0, 0.1) is 51.8 Å². The van der Waals surface area contributed by atoms with E-state index in [1.807, 2.05) is 0 Å². The average Bonchev–Trinajstić information content (AvgIpc) is 2.91. The Bertz CT molecular complexity index is 975. The van der Waals surface area contributed by atoms with E-state index in [-0.39, 0.29) is 30.1 Å². The van der Waals surface area contributed by atoms with Crippen LogP contribution < -0.4 is 0 Å². The minimum absolute atomic E-state index is 0.0564. The Morgan fingerprint density at radius 3 is 1.44 bits per heavy atom. The van der Waals surface area contributed by atoms with E-state index in [1.54, 1.807) is 6.92 Å². The van der Waals surface area contributed by atoms with Gasteiger partial charge in [0.05, 0.1) is 23.0 Å². The molecule has 8 saturated carbocycles. The molecule has 0 amide bonds. The van der Waals surface area contributed by atoms with Gasteiger partial charge >= 0.3 is 17.9 Å². The molecule has 0 aliphatic heterocycles. The summed E-state index contributed by atoms with van der Waals surface area (Å²) in [6.07, 6.45) is 6.39. The molecule has 0 aromatic heterocycles. The number of aliphatic hydroxyl groups is 2. The fraction of sp³-hybridized carbons (Fsp3) is 0.903. The molecular weight excluding hydrogens is 538 g/mol. The highest BCUT2D eigenvalue weighted by Gasteiger charge is 2.61. The average molecular weight is 583 g/mol. The van der Waals surface area contributed by atoms with Crippen LogP contribution in [0.1, 0.15) is 84.5 Å². The van der Waals surface area contributed by atoms with E-state index in [1.165, 1.54) is 0 Å². The molecule has 8 aliphatic rings. The number of halogens is 2. The molecule has 0 heterocycles. The van der Waals surface area contributed by atoms with Crippen molar-refractivity contribution >= 4 is 17.9 Å². The summed E-state index contributed by atoms with van der Waals surface area (Å²) in [5.41, 5.74) is -3.06. The number of alkyl halides is 2. The lowest BCUT2D eigenvalue weighted by molar-refractivity contribution is -0.198. The SMILES string of the molecule is CCC(COC(=O)C12CC3CC(C1)C(O)C(C3)C2)(COC(=O)C12CC3CC(C1)C(O)C(C3)C2)C(=O)OCC(C)(F)F. The number of hydrogen-bond donors (Lipinski definition) is 2. The van der Waals surface area contributed by atoms with Gasteiger partial charge in [0.1, 0.15) is 18.6 Å². The number of carbonyl (C=O) groups is 3. The van der Waals surface area contributed by atoms with Crippen LogP contribution in [-0.4, -0.2) is 66.1 Å². The molecule has 230 valence electrons.